The lowest BCUT2D eigenvalue weighted by Crippen LogP contribution is -2.08. The minimum atomic E-state index is -0.210. The van der Waals surface area contributed by atoms with Crippen LogP contribution in [0.1, 0.15) is 19.0 Å². The first-order valence-corrected chi connectivity index (χ1v) is 10.0. The lowest BCUT2D eigenvalue weighted by Gasteiger charge is -2.07. The number of nitrogens with zero attached hydrogens (tertiary/aromatic N) is 2. The standard InChI is InChI=1S/C24H21ClN2O2/c1-2-29-24(28)13-12-22-16-23(26-27(22)21-9-5-8-20(25)15-21)19-11-10-17-6-3-4-7-18(17)14-19/h3-11,14-16H,2,12-13H2,1H3. The van der Waals surface area contributed by atoms with Crippen LogP contribution in [0.15, 0.2) is 72.8 Å². The van der Waals surface area contributed by atoms with Crippen molar-refractivity contribution in [1.29, 1.82) is 0 Å². The normalized spacial score (nSPS) is 11.0. The van der Waals surface area contributed by atoms with Gasteiger partial charge in [-0.1, -0.05) is 54.1 Å². The molecule has 0 aliphatic heterocycles. The number of aryl methyl sites for hydroxylation is 1. The van der Waals surface area contributed by atoms with Gasteiger partial charge >= 0.3 is 5.97 Å². The van der Waals surface area contributed by atoms with Crippen LogP contribution >= 0.6 is 11.6 Å². The Morgan fingerprint density at radius 3 is 2.62 bits per heavy atom. The average molecular weight is 405 g/mol. The highest BCUT2D eigenvalue weighted by atomic mass is 35.5. The van der Waals surface area contributed by atoms with Crippen LogP contribution in [0.3, 0.4) is 0 Å². The molecule has 4 rings (SSSR count). The van der Waals surface area contributed by atoms with Gasteiger partial charge in [0.15, 0.2) is 0 Å². The van der Waals surface area contributed by atoms with Crippen molar-refractivity contribution in [3.05, 3.63) is 83.5 Å². The first-order valence-electron chi connectivity index (χ1n) is 9.64. The SMILES string of the molecule is CCOC(=O)CCc1cc(-c2ccc3ccccc3c2)nn1-c1cccc(Cl)c1. The van der Waals surface area contributed by atoms with Crippen LogP contribution in [-0.4, -0.2) is 22.4 Å². The van der Waals surface area contributed by atoms with Gasteiger partial charge in [0.1, 0.15) is 0 Å². The molecule has 0 aliphatic rings. The average Bonchev–Trinajstić information content (AvgIpc) is 3.16. The van der Waals surface area contributed by atoms with Gasteiger partial charge in [0.2, 0.25) is 0 Å². The highest BCUT2D eigenvalue weighted by Crippen LogP contribution is 2.27. The van der Waals surface area contributed by atoms with Gasteiger partial charge in [-0.2, -0.15) is 5.10 Å². The highest BCUT2D eigenvalue weighted by Gasteiger charge is 2.14. The van der Waals surface area contributed by atoms with Gasteiger partial charge in [-0.3, -0.25) is 4.79 Å². The maximum atomic E-state index is 11.9. The lowest BCUT2D eigenvalue weighted by molar-refractivity contribution is -0.143. The summed E-state index contributed by atoms with van der Waals surface area (Å²) in [6.45, 7) is 2.20. The van der Waals surface area contributed by atoms with Gasteiger partial charge in [0, 0.05) is 22.7 Å². The van der Waals surface area contributed by atoms with Crippen LogP contribution in [-0.2, 0) is 16.0 Å². The third-order valence-corrected chi connectivity index (χ3v) is 5.01. The van der Waals surface area contributed by atoms with Gasteiger partial charge < -0.3 is 4.74 Å². The van der Waals surface area contributed by atoms with Crippen LogP contribution in [0.2, 0.25) is 5.02 Å². The molecule has 0 aliphatic carbocycles. The van der Waals surface area contributed by atoms with Crippen molar-refractivity contribution in [3.8, 4) is 16.9 Å². The van der Waals surface area contributed by atoms with E-state index in [1.165, 1.54) is 5.39 Å². The fourth-order valence-corrected chi connectivity index (χ4v) is 3.57. The Balaban J connectivity index is 1.74. The Morgan fingerprint density at radius 2 is 1.83 bits per heavy atom. The van der Waals surface area contributed by atoms with Crippen LogP contribution in [0.25, 0.3) is 27.7 Å². The van der Waals surface area contributed by atoms with E-state index in [0.717, 1.165) is 28.0 Å². The molecule has 4 aromatic rings. The van der Waals surface area contributed by atoms with Gasteiger partial charge in [-0.15, -0.1) is 0 Å². The number of carbonyl (C=O) groups excluding carboxylic acids is 1. The van der Waals surface area contributed by atoms with Crippen molar-refractivity contribution < 1.29 is 9.53 Å². The van der Waals surface area contributed by atoms with E-state index in [-0.39, 0.29) is 5.97 Å². The number of benzene rings is 3. The molecule has 146 valence electrons. The van der Waals surface area contributed by atoms with E-state index >= 15 is 0 Å². The largest absolute Gasteiger partial charge is 0.466 e. The summed E-state index contributed by atoms with van der Waals surface area (Å²) in [5.41, 5.74) is 3.68. The molecule has 0 fully saturated rings. The van der Waals surface area contributed by atoms with Crippen LogP contribution in [0.4, 0.5) is 0 Å². The molecule has 0 radical (unpaired) electrons. The van der Waals surface area contributed by atoms with Crippen molar-refractivity contribution >= 4 is 28.3 Å². The summed E-state index contributed by atoms with van der Waals surface area (Å²) in [7, 11) is 0. The second-order valence-electron chi connectivity index (χ2n) is 6.78. The molecule has 4 nitrogen and oxygen atoms in total. The summed E-state index contributed by atoms with van der Waals surface area (Å²) in [5, 5.41) is 7.82. The summed E-state index contributed by atoms with van der Waals surface area (Å²) in [6.07, 6.45) is 0.836. The van der Waals surface area contributed by atoms with Crippen molar-refractivity contribution in [3.63, 3.8) is 0 Å². The second kappa shape index (κ2) is 8.50. The fourth-order valence-electron chi connectivity index (χ4n) is 3.38. The summed E-state index contributed by atoms with van der Waals surface area (Å²) < 4.78 is 6.93. The summed E-state index contributed by atoms with van der Waals surface area (Å²) in [5.74, 6) is -0.210. The third kappa shape index (κ3) is 4.33. The molecule has 0 unspecified atom stereocenters. The Kier molecular flexibility index (Phi) is 5.63. The zero-order chi connectivity index (χ0) is 20.2. The molecule has 0 atom stereocenters. The summed E-state index contributed by atoms with van der Waals surface area (Å²) in [6, 6.07) is 24.1. The Morgan fingerprint density at radius 1 is 1.00 bits per heavy atom. The van der Waals surface area contributed by atoms with E-state index in [1.54, 1.807) is 0 Å². The molecule has 1 aromatic heterocycles. The van der Waals surface area contributed by atoms with Crippen molar-refractivity contribution in [2.24, 2.45) is 0 Å². The number of carbonyl (C=O) groups is 1. The minimum absolute atomic E-state index is 0.210. The number of esters is 1. The van der Waals surface area contributed by atoms with Crippen LogP contribution in [0, 0.1) is 0 Å². The molecule has 0 saturated carbocycles. The van der Waals surface area contributed by atoms with E-state index in [4.69, 9.17) is 21.4 Å². The monoisotopic (exact) mass is 404 g/mol. The quantitative estimate of drug-likeness (QED) is 0.379. The molecule has 0 saturated heterocycles. The number of ether oxygens (including phenoxy) is 1. The number of aromatic nitrogens is 2. The topological polar surface area (TPSA) is 44.1 Å². The maximum Gasteiger partial charge on any atom is 0.306 e. The number of fused-ring (bicyclic) bond motifs is 1. The van der Waals surface area contributed by atoms with E-state index < -0.39 is 0 Å². The van der Waals surface area contributed by atoms with E-state index in [0.29, 0.717) is 24.5 Å². The molecule has 3 aromatic carbocycles. The molecule has 0 bridgehead atoms. The summed E-state index contributed by atoms with van der Waals surface area (Å²) in [4.78, 5) is 11.9. The Labute approximate surface area is 174 Å². The van der Waals surface area contributed by atoms with E-state index in [9.17, 15) is 4.79 Å². The van der Waals surface area contributed by atoms with Crippen LogP contribution in [0.5, 0.6) is 0 Å². The molecule has 0 N–H and O–H groups in total. The first kappa shape index (κ1) is 19.2. The zero-order valence-corrected chi connectivity index (χ0v) is 16.9. The molecule has 0 spiro atoms. The smallest absolute Gasteiger partial charge is 0.306 e. The van der Waals surface area contributed by atoms with E-state index in [1.807, 2.05) is 54.1 Å². The molecule has 1 heterocycles. The highest BCUT2D eigenvalue weighted by molar-refractivity contribution is 6.30. The Bertz CT molecular complexity index is 1170. The Hall–Kier alpha value is -3.11. The minimum Gasteiger partial charge on any atom is -0.466 e. The van der Waals surface area contributed by atoms with Gasteiger partial charge in [0.25, 0.3) is 0 Å². The van der Waals surface area contributed by atoms with Crippen molar-refractivity contribution in [2.75, 3.05) is 6.61 Å². The second-order valence-corrected chi connectivity index (χ2v) is 7.22. The zero-order valence-electron chi connectivity index (χ0n) is 16.1. The molecule has 29 heavy (non-hydrogen) atoms. The van der Waals surface area contributed by atoms with E-state index in [2.05, 4.69) is 30.3 Å². The van der Waals surface area contributed by atoms with Crippen molar-refractivity contribution in [2.45, 2.75) is 19.8 Å². The third-order valence-electron chi connectivity index (χ3n) is 4.77. The number of halogens is 1. The summed E-state index contributed by atoms with van der Waals surface area (Å²) >= 11 is 6.19. The van der Waals surface area contributed by atoms with Crippen LogP contribution < -0.4 is 0 Å². The molecular formula is C24H21ClN2O2. The molecular weight excluding hydrogens is 384 g/mol. The predicted molar refractivity (Wildman–Crippen MR) is 116 cm³/mol. The van der Waals surface area contributed by atoms with Gasteiger partial charge in [-0.05, 0) is 48.0 Å². The predicted octanol–water partition coefficient (Wildman–Crippen LogP) is 5.84. The molecule has 0 amide bonds. The lowest BCUT2D eigenvalue weighted by atomic mass is 10.0. The number of rotatable bonds is 6. The number of hydrogen-bond donors (Lipinski definition) is 0. The number of hydrogen-bond acceptors (Lipinski definition) is 3. The van der Waals surface area contributed by atoms with Gasteiger partial charge in [-0.25, -0.2) is 4.68 Å². The molecule has 5 heteroatoms. The maximum absolute atomic E-state index is 11.9. The first-order chi connectivity index (χ1) is 14.1. The van der Waals surface area contributed by atoms with Gasteiger partial charge in [0.05, 0.1) is 24.4 Å². The fraction of sp³-hybridized carbons (Fsp3) is 0.167. The van der Waals surface area contributed by atoms with Crippen molar-refractivity contribution in [1.82, 2.24) is 9.78 Å².